The van der Waals surface area contributed by atoms with Crippen LogP contribution in [0.1, 0.15) is 22.7 Å². The molecule has 0 bridgehead atoms. The van der Waals surface area contributed by atoms with Crippen LogP contribution in [-0.2, 0) is 10.0 Å². The van der Waals surface area contributed by atoms with Crippen molar-refractivity contribution in [3.63, 3.8) is 0 Å². The molecule has 4 rings (SSSR count). The number of benzene rings is 2. The molecule has 9 heteroatoms. The standard InChI is InChI=1S/C19H18ClN5O2S/c1-12-7-9-13(10-8-12)16-11-17(14-5-3-4-6-15(14)20)25-19(21-16)22-18(23-25)24-28(2,26)27/h3-11,17H,1-2H3,(H2,21,22,23,24)/t17-/m0/s1. The zero-order valence-electron chi connectivity index (χ0n) is 15.2. The summed E-state index contributed by atoms with van der Waals surface area (Å²) in [5.74, 6) is 0.426. The van der Waals surface area contributed by atoms with Crippen LogP contribution in [0.2, 0.25) is 5.02 Å². The minimum Gasteiger partial charge on any atom is -0.324 e. The van der Waals surface area contributed by atoms with Crippen molar-refractivity contribution in [3.05, 3.63) is 76.3 Å². The summed E-state index contributed by atoms with van der Waals surface area (Å²) in [5, 5.41) is 8.15. The first-order chi connectivity index (χ1) is 13.3. The quantitative estimate of drug-likeness (QED) is 0.678. The Morgan fingerprint density at radius 3 is 2.54 bits per heavy atom. The van der Waals surface area contributed by atoms with Gasteiger partial charge >= 0.3 is 0 Å². The van der Waals surface area contributed by atoms with Gasteiger partial charge in [0.05, 0.1) is 6.26 Å². The average molecular weight is 416 g/mol. The Labute approximate surface area is 168 Å². The summed E-state index contributed by atoms with van der Waals surface area (Å²) in [6, 6.07) is 15.2. The Kier molecular flexibility index (Phi) is 4.60. The molecule has 3 aromatic rings. The molecule has 0 unspecified atom stereocenters. The van der Waals surface area contributed by atoms with E-state index in [0.717, 1.165) is 28.6 Å². The number of hydrogen-bond donors (Lipinski definition) is 2. The summed E-state index contributed by atoms with van der Waals surface area (Å²) in [4.78, 5) is 4.30. The van der Waals surface area contributed by atoms with Gasteiger partial charge in [-0.05, 0) is 30.2 Å². The Bertz CT molecular complexity index is 1170. The smallest absolute Gasteiger partial charge is 0.257 e. The molecule has 1 aliphatic rings. The fraction of sp³-hybridized carbons (Fsp3) is 0.158. The highest BCUT2D eigenvalue weighted by atomic mass is 35.5. The van der Waals surface area contributed by atoms with Gasteiger partial charge in [-0.1, -0.05) is 59.6 Å². The number of nitrogens with zero attached hydrogens (tertiary/aromatic N) is 3. The van der Waals surface area contributed by atoms with Gasteiger partial charge in [0.1, 0.15) is 6.04 Å². The lowest BCUT2D eigenvalue weighted by molar-refractivity contribution is 0.603. The second-order valence-corrected chi connectivity index (χ2v) is 8.77. The third-order valence-electron chi connectivity index (χ3n) is 4.33. The van der Waals surface area contributed by atoms with Crippen LogP contribution in [-0.4, -0.2) is 29.4 Å². The van der Waals surface area contributed by atoms with Crippen LogP contribution in [0.3, 0.4) is 0 Å². The van der Waals surface area contributed by atoms with Crippen LogP contribution >= 0.6 is 11.6 Å². The first-order valence-corrected chi connectivity index (χ1v) is 10.8. The van der Waals surface area contributed by atoms with Crippen molar-refractivity contribution in [1.82, 2.24) is 14.8 Å². The summed E-state index contributed by atoms with van der Waals surface area (Å²) in [7, 11) is -3.50. The van der Waals surface area contributed by atoms with Gasteiger partial charge in [0.15, 0.2) is 0 Å². The number of hydrogen-bond acceptors (Lipinski definition) is 5. The van der Waals surface area contributed by atoms with Crippen molar-refractivity contribution in [2.45, 2.75) is 13.0 Å². The maximum atomic E-state index is 11.6. The van der Waals surface area contributed by atoms with E-state index < -0.39 is 10.0 Å². The molecule has 1 aliphatic heterocycles. The molecule has 0 radical (unpaired) electrons. The van der Waals surface area contributed by atoms with Crippen molar-refractivity contribution >= 4 is 39.2 Å². The summed E-state index contributed by atoms with van der Waals surface area (Å²) in [5.41, 5.74) is 3.82. The van der Waals surface area contributed by atoms with Gasteiger partial charge in [-0.15, -0.1) is 5.10 Å². The van der Waals surface area contributed by atoms with Gasteiger partial charge in [-0.2, -0.15) is 4.98 Å². The molecule has 1 atom stereocenters. The predicted molar refractivity (Wildman–Crippen MR) is 111 cm³/mol. The van der Waals surface area contributed by atoms with E-state index in [4.69, 9.17) is 11.6 Å². The van der Waals surface area contributed by atoms with E-state index in [1.807, 2.05) is 61.5 Å². The average Bonchev–Trinajstić information content (AvgIpc) is 3.02. The van der Waals surface area contributed by atoms with Crippen LogP contribution < -0.4 is 10.0 Å². The second kappa shape index (κ2) is 6.96. The summed E-state index contributed by atoms with van der Waals surface area (Å²) < 4.78 is 27.1. The molecule has 2 heterocycles. The highest BCUT2D eigenvalue weighted by Gasteiger charge is 2.27. The van der Waals surface area contributed by atoms with E-state index in [2.05, 4.69) is 20.1 Å². The fourth-order valence-electron chi connectivity index (χ4n) is 3.04. The molecule has 2 aromatic carbocycles. The number of anilines is 2. The number of allylic oxidation sites excluding steroid dienone is 1. The van der Waals surface area contributed by atoms with E-state index in [1.54, 1.807) is 4.68 Å². The lowest BCUT2D eigenvalue weighted by Gasteiger charge is -2.25. The molecule has 0 amide bonds. The van der Waals surface area contributed by atoms with Crippen molar-refractivity contribution in [2.75, 3.05) is 16.3 Å². The zero-order chi connectivity index (χ0) is 19.9. The number of sulfonamides is 1. The van der Waals surface area contributed by atoms with Gasteiger partial charge in [0.25, 0.3) is 5.95 Å². The van der Waals surface area contributed by atoms with Crippen molar-refractivity contribution < 1.29 is 8.42 Å². The van der Waals surface area contributed by atoms with Crippen LogP contribution in [0, 0.1) is 6.92 Å². The molecule has 1 aromatic heterocycles. The Hall–Kier alpha value is -2.84. The number of rotatable bonds is 4. The third kappa shape index (κ3) is 3.74. The van der Waals surface area contributed by atoms with E-state index in [0.29, 0.717) is 11.0 Å². The van der Waals surface area contributed by atoms with Gasteiger partial charge in [-0.25, -0.2) is 13.1 Å². The summed E-state index contributed by atoms with van der Waals surface area (Å²) in [6.45, 7) is 2.03. The van der Waals surface area contributed by atoms with Gasteiger partial charge in [-0.3, -0.25) is 4.72 Å². The monoisotopic (exact) mass is 415 g/mol. The Morgan fingerprint density at radius 2 is 1.86 bits per heavy atom. The molecule has 144 valence electrons. The van der Waals surface area contributed by atoms with Gasteiger partial charge in [0.2, 0.25) is 16.0 Å². The van der Waals surface area contributed by atoms with E-state index in [1.165, 1.54) is 0 Å². The number of aromatic nitrogens is 3. The highest BCUT2D eigenvalue weighted by Crippen LogP contribution is 2.35. The lowest BCUT2D eigenvalue weighted by Crippen LogP contribution is -2.20. The van der Waals surface area contributed by atoms with Crippen LogP contribution in [0.5, 0.6) is 0 Å². The molecule has 2 N–H and O–H groups in total. The first-order valence-electron chi connectivity index (χ1n) is 8.55. The number of fused-ring (bicyclic) bond motifs is 1. The second-order valence-electron chi connectivity index (χ2n) is 6.62. The minimum absolute atomic E-state index is 0.000565. The lowest BCUT2D eigenvalue weighted by atomic mass is 10.0. The van der Waals surface area contributed by atoms with Crippen molar-refractivity contribution in [2.24, 2.45) is 0 Å². The molecule has 28 heavy (non-hydrogen) atoms. The molecule has 0 saturated carbocycles. The molecular formula is C19H18ClN5O2S. The summed E-state index contributed by atoms with van der Waals surface area (Å²) in [6.07, 6.45) is 3.06. The Morgan fingerprint density at radius 1 is 1.14 bits per heavy atom. The molecule has 0 saturated heterocycles. The highest BCUT2D eigenvalue weighted by molar-refractivity contribution is 7.91. The van der Waals surface area contributed by atoms with Crippen molar-refractivity contribution in [3.8, 4) is 0 Å². The van der Waals surface area contributed by atoms with Crippen molar-refractivity contribution in [1.29, 1.82) is 0 Å². The zero-order valence-corrected chi connectivity index (χ0v) is 16.8. The fourth-order valence-corrected chi connectivity index (χ4v) is 3.71. The van der Waals surface area contributed by atoms with Gasteiger partial charge < -0.3 is 5.32 Å². The maximum absolute atomic E-state index is 11.6. The molecular weight excluding hydrogens is 398 g/mol. The normalized spacial score (nSPS) is 16.1. The first kappa shape index (κ1) is 18.5. The van der Waals surface area contributed by atoms with E-state index in [9.17, 15) is 8.42 Å². The minimum atomic E-state index is -3.50. The molecule has 0 fully saturated rings. The van der Waals surface area contributed by atoms with Crippen LogP contribution in [0.25, 0.3) is 5.70 Å². The maximum Gasteiger partial charge on any atom is 0.257 e. The van der Waals surface area contributed by atoms with Crippen LogP contribution in [0.15, 0.2) is 54.6 Å². The van der Waals surface area contributed by atoms with Gasteiger partial charge in [0, 0.05) is 10.7 Å². The van der Waals surface area contributed by atoms with Crippen LogP contribution in [0.4, 0.5) is 11.9 Å². The number of aryl methyl sites for hydroxylation is 1. The van der Waals surface area contributed by atoms with E-state index in [-0.39, 0.29) is 12.0 Å². The largest absolute Gasteiger partial charge is 0.324 e. The summed E-state index contributed by atoms with van der Waals surface area (Å²) >= 11 is 6.43. The predicted octanol–water partition coefficient (Wildman–Crippen LogP) is 3.67. The molecule has 7 nitrogen and oxygen atoms in total. The number of halogens is 1. The molecule has 0 aliphatic carbocycles. The topological polar surface area (TPSA) is 88.9 Å². The molecule has 0 spiro atoms. The third-order valence-corrected chi connectivity index (χ3v) is 5.23. The number of nitrogens with one attached hydrogen (secondary N) is 2. The SMILES string of the molecule is Cc1ccc(C2=C[C@@H](c3ccccc3Cl)n3nc(NS(C)(=O)=O)nc3N2)cc1. The van der Waals surface area contributed by atoms with E-state index >= 15 is 0 Å². The Balaban J connectivity index is 1.83.